The second kappa shape index (κ2) is 3.54. The second-order valence-corrected chi connectivity index (χ2v) is 2.32. The summed E-state index contributed by atoms with van der Waals surface area (Å²) in [5, 5.41) is 21.9. The van der Waals surface area contributed by atoms with Crippen molar-refractivity contribution in [2.75, 3.05) is 12.4 Å². The van der Waals surface area contributed by atoms with Gasteiger partial charge in [0.15, 0.2) is 5.56 Å². The van der Waals surface area contributed by atoms with Gasteiger partial charge in [-0.3, -0.25) is 10.1 Å². The molecule has 1 rings (SSSR count). The number of benzene rings is 1. The number of nitro groups is 1. The van der Waals surface area contributed by atoms with Crippen LogP contribution >= 0.6 is 0 Å². The fourth-order valence-corrected chi connectivity index (χ4v) is 1.02. The molecule has 0 unspecified atom stereocenters. The Labute approximate surface area is 74.8 Å². The monoisotopic (exact) mass is 177 g/mol. The number of hydrogen-bond donors (Lipinski definition) is 1. The van der Waals surface area contributed by atoms with Crippen molar-refractivity contribution in [1.82, 2.24) is 0 Å². The first kappa shape index (κ1) is 9.00. The van der Waals surface area contributed by atoms with E-state index in [0.29, 0.717) is 5.69 Å². The maximum Gasteiger partial charge on any atom is 0.289 e. The third-order valence-corrected chi connectivity index (χ3v) is 1.62. The molecule has 0 heterocycles. The zero-order chi connectivity index (χ0) is 9.84. The van der Waals surface area contributed by atoms with E-state index in [0.717, 1.165) is 0 Å². The SMILES string of the molecule is CNc1cccc([N+](=O)[O-])c1C#N. The van der Waals surface area contributed by atoms with Crippen molar-refractivity contribution >= 4 is 11.4 Å². The van der Waals surface area contributed by atoms with Gasteiger partial charge in [-0.1, -0.05) is 6.07 Å². The quantitative estimate of drug-likeness (QED) is 0.548. The lowest BCUT2D eigenvalue weighted by atomic mass is 10.1. The number of nitrogens with one attached hydrogen (secondary N) is 1. The molecule has 0 saturated heterocycles. The lowest BCUT2D eigenvalue weighted by molar-refractivity contribution is -0.385. The lowest BCUT2D eigenvalue weighted by Gasteiger charge is -2.01. The number of rotatable bonds is 2. The maximum atomic E-state index is 10.5. The molecule has 0 aliphatic carbocycles. The zero-order valence-corrected chi connectivity index (χ0v) is 6.94. The van der Waals surface area contributed by atoms with Crippen molar-refractivity contribution in [1.29, 1.82) is 5.26 Å². The molecule has 5 nitrogen and oxygen atoms in total. The number of nitrogens with zero attached hydrogens (tertiary/aromatic N) is 2. The van der Waals surface area contributed by atoms with Crippen LogP contribution in [0.25, 0.3) is 0 Å². The molecule has 0 aliphatic heterocycles. The van der Waals surface area contributed by atoms with Crippen LogP contribution in [0.3, 0.4) is 0 Å². The Morgan fingerprint density at radius 2 is 2.31 bits per heavy atom. The number of nitro benzene ring substituents is 1. The molecule has 0 atom stereocenters. The Bertz CT molecular complexity index is 381. The Balaban J connectivity index is 3.38. The average molecular weight is 177 g/mol. The maximum absolute atomic E-state index is 10.5. The van der Waals surface area contributed by atoms with Crippen LogP contribution < -0.4 is 5.32 Å². The molecule has 1 aromatic carbocycles. The van der Waals surface area contributed by atoms with E-state index in [2.05, 4.69) is 5.32 Å². The van der Waals surface area contributed by atoms with Crippen molar-refractivity contribution in [3.8, 4) is 6.07 Å². The van der Waals surface area contributed by atoms with Crippen LogP contribution in [0.2, 0.25) is 0 Å². The lowest BCUT2D eigenvalue weighted by Crippen LogP contribution is -1.97. The summed E-state index contributed by atoms with van der Waals surface area (Å²) in [7, 11) is 1.61. The van der Waals surface area contributed by atoms with Crippen LogP contribution in [0.15, 0.2) is 18.2 Å². The summed E-state index contributed by atoms with van der Waals surface area (Å²) in [6, 6.07) is 6.25. The summed E-state index contributed by atoms with van der Waals surface area (Å²) in [5.41, 5.74) is 0.362. The van der Waals surface area contributed by atoms with E-state index < -0.39 is 4.92 Å². The highest BCUT2D eigenvalue weighted by atomic mass is 16.6. The molecule has 0 radical (unpaired) electrons. The fraction of sp³-hybridized carbons (Fsp3) is 0.125. The van der Waals surface area contributed by atoms with Crippen LogP contribution in [0.4, 0.5) is 11.4 Å². The molecular weight excluding hydrogens is 170 g/mol. The molecular formula is C8H7N3O2. The molecule has 0 saturated carbocycles. The molecule has 5 heteroatoms. The first-order valence-electron chi connectivity index (χ1n) is 3.56. The third kappa shape index (κ3) is 1.56. The van der Waals surface area contributed by atoms with Gasteiger partial charge in [-0.2, -0.15) is 5.26 Å². The fourth-order valence-electron chi connectivity index (χ4n) is 1.02. The Morgan fingerprint density at radius 3 is 2.77 bits per heavy atom. The molecule has 13 heavy (non-hydrogen) atoms. The van der Waals surface area contributed by atoms with E-state index in [-0.39, 0.29) is 11.3 Å². The zero-order valence-electron chi connectivity index (χ0n) is 6.94. The van der Waals surface area contributed by atoms with Crippen LogP contribution in [0, 0.1) is 21.4 Å². The van der Waals surface area contributed by atoms with Crippen molar-refractivity contribution in [2.24, 2.45) is 0 Å². The second-order valence-electron chi connectivity index (χ2n) is 2.32. The summed E-state index contributed by atoms with van der Waals surface area (Å²) in [6.07, 6.45) is 0. The number of anilines is 1. The Morgan fingerprint density at radius 1 is 1.62 bits per heavy atom. The number of hydrogen-bond acceptors (Lipinski definition) is 4. The molecule has 1 N–H and O–H groups in total. The van der Waals surface area contributed by atoms with Gasteiger partial charge in [-0.25, -0.2) is 0 Å². The summed E-state index contributed by atoms with van der Waals surface area (Å²) in [6.45, 7) is 0. The largest absolute Gasteiger partial charge is 0.387 e. The number of nitriles is 1. The summed E-state index contributed by atoms with van der Waals surface area (Å²) in [5.74, 6) is 0. The molecule has 66 valence electrons. The van der Waals surface area contributed by atoms with Gasteiger partial charge in [0, 0.05) is 13.1 Å². The Hall–Kier alpha value is -2.09. The molecule has 0 aliphatic rings. The third-order valence-electron chi connectivity index (χ3n) is 1.62. The van der Waals surface area contributed by atoms with Crippen LogP contribution in [0.1, 0.15) is 5.56 Å². The van der Waals surface area contributed by atoms with Gasteiger partial charge >= 0.3 is 0 Å². The minimum atomic E-state index is -0.570. The molecule has 0 amide bonds. The molecule has 0 aromatic heterocycles. The standard InChI is InChI=1S/C8H7N3O2/c1-10-7-3-2-4-8(11(12)13)6(7)5-9/h2-4,10H,1H3. The molecule has 0 bridgehead atoms. The van der Waals surface area contributed by atoms with E-state index in [4.69, 9.17) is 5.26 Å². The van der Waals surface area contributed by atoms with Crippen molar-refractivity contribution in [3.63, 3.8) is 0 Å². The van der Waals surface area contributed by atoms with E-state index in [9.17, 15) is 10.1 Å². The van der Waals surface area contributed by atoms with E-state index in [1.54, 1.807) is 19.2 Å². The van der Waals surface area contributed by atoms with E-state index >= 15 is 0 Å². The van der Waals surface area contributed by atoms with Gasteiger partial charge in [0.2, 0.25) is 0 Å². The normalized spacial score (nSPS) is 8.92. The highest BCUT2D eigenvalue weighted by molar-refractivity contribution is 5.66. The van der Waals surface area contributed by atoms with Crippen molar-refractivity contribution in [3.05, 3.63) is 33.9 Å². The van der Waals surface area contributed by atoms with Crippen LogP contribution in [-0.2, 0) is 0 Å². The summed E-state index contributed by atoms with van der Waals surface area (Å²) >= 11 is 0. The summed E-state index contributed by atoms with van der Waals surface area (Å²) < 4.78 is 0. The summed E-state index contributed by atoms with van der Waals surface area (Å²) in [4.78, 5) is 9.91. The highest BCUT2D eigenvalue weighted by Crippen LogP contribution is 2.24. The van der Waals surface area contributed by atoms with Crippen molar-refractivity contribution < 1.29 is 4.92 Å². The highest BCUT2D eigenvalue weighted by Gasteiger charge is 2.15. The van der Waals surface area contributed by atoms with Gasteiger partial charge in [-0.15, -0.1) is 0 Å². The van der Waals surface area contributed by atoms with Gasteiger partial charge < -0.3 is 5.32 Å². The molecule has 0 spiro atoms. The topological polar surface area (TPSA) is 79.0 Å². The van der Waals surface area contributed by atoms with Gasteiger partial charge in [0.05, 0.1) is 10.6 Å². The predicted molar refractivity (Wildman–Crippen MR) is 47.4 cm³/mol. The van der Waals surface area contributed by atoms with Crippen LogP contribution in [-0.4, -0.2) is 12.0 Å². The smallest absolute Gasteiger partial charge is 0.289 e. The predicted octanol–water partition coefficient (Wildman–Crippen LogP) is 1.51. The first-order valence-corrected chi connectivity index (χ1v) is 3.56. The van der Waals surface area contributed by atoms with Crippen molar-refractivity contribution in [2.45, 2.75) is 0 Å². The van der Waals surface area contributed by atoms with Gasteiger partial charge in [0.1, 0.15) is 6.07 Å². The average Bonchev–Trinajstić information content (AvgIpc) is 2.16. The molecule has 0 fully saturated rings. The van der Waals surface area contributed by atoms with Gasteiger partial charge in [0.25, 0.3) is 5.69 Å². The van der Waals surface area contributed by atoms with Gasteiger partial charge in [-0.05, 0) is 6.07 Å². The van der Waals surface area contributed by atoms with E-state index in [1.165, 1.54) is 12.1 Å². The van der Waals surface area contributed by atoms with Crippen LogP contribution in [0.5, 0.6) is 0 Å². The Kier molecular flexibility index (Phi) is 2.45. The minimum absolute atomic E-state index is 0.0648. The van der Waals surface area contributed by atoms with E-state index in [1.807, 2.05) is 0 Å². The first-order chi connectivity index (χ1) is 6.20. The molecule has 1 aromatic rings. The minimum Gasteiger partial charge on any atom is -0.387 e.